The molecule has 1 aliphatic carbocycles. The van der Waals surface area contributed by atoms with Gasteiger partial charge in [-0.2, -0.15) is 0 Å². The summed E-state index contributed by atoms with van der Waals surface area (Å²) in [6.07, 6.45) is 3.24. The topological polar surface area (TPSA) is 71.1 Å². The molecule has 1 aromatic carbocycles. The van der Waals surface area contributed by atoms with Crippen molar-refractivity contribution < 1.29 is 4.74 Å². The number of aromatic nitrogens is 4. The molecule has 1 saturated carbocycles. The lowest BCUT2D eigenvalue weighted by molar-refractivity contribution is 0.0885. The molecule has 184 valence electrons. The molecule has 0 saturated heterocycles. The van der Waals surface area contributed by atoms with Crippen molar-refractivity contribution in [2.24, 2.45) is 0 Å². The van der Waals surface area contributed by atoms with Gasteiger partial charge in [0.2, 0.25) is 0 Å². The molecule has 0 spiro atoms. The van der Waals surface area contributed by atoms with E-state index >= 15 is 0 Å². The van der Waals surface area contributed by atoms with Gasteiger partial charge in [0, 0.05) is 32.3 Å². The molecule has 3 heterocycles. The molecule has 5 rings (SSSR count). The molecule has 0 N–H and O–H groups in total. The largest absolute Gasteiger partial charge is 0.361 e. The number of hydrogen-bond donors (Lipinski definition) is 0. The summed E-state index contributed by atoms with van der Waals surface area (Å²) < 4.78 is 11.4. The number of halogens is 3. The summed E-state index contributed by atoms with van der Waals surface area (Å²) in [6.45, 7) is 7.93. The van der Waals surface area contributed by atoms with Gasteiger partial charge in [0.05, 0.1) is 31.2 Å². The maximum atomic E-state index is 13.8. The minimum atomic E-state index is -1.21. The molecule has 0 unspecified atom stereocenters. The Morgan fingerprint density at radius 3 is 2.46 bits per heavy atom. The van der Waals surface area contributed by atoms with Gasteiger partial charge in [-0.3, -0.25) is 13.9 Å². The molecular weight excluding hydrogens is 571 g/mol. The van der Waals surface area contributed by atoms with Crippen LogP contribution in [-0.4, -0.2) is 33.4 Å². The second kappa shape index (κ2) is 9.19. The highest BCUT2D eigenvalue weighted by Gasteiger charge is 2.31. The van der Waals surface area contributed by atoms with E-state index in [2.05, 4.69) is 40.6 Å². The first-order chi connectivity index (χ1) is 16.6. The van der Waals surface area contributed by atoms with Gasteiger partial charge in [-0.1, -0.05) is 48.9 Å². The molecule has 35 heavy (non-hydrogen) atoms. The van der Waals surface area contributed by atoms with Crippen LogP contribution >= 0.6 is 39.1 Å². The fourth-order valence-corrected chi connectivity index (χ4v) is 6.03. The second-order valence-corrected chi connectivity index (χ2v) is 17.3. The van der Waals surface area contributed by atoms with Crippen LogP contribution in [0.5, 0.6) is 0 Å². The van der Waals surface area contributed by atoms with Crippen molar-refractivity contribution in [2.45, 2.75) is 51.3 Å². The summed E-state index contributed by atoms with van der Waals surface area (Å²) in [6, 6.07) is 7.86. The van der Waals surface area contributed by atoms with Crippen LogP contribution < -0.4 is 11.2 Å². The first kappa shape index (κ1) is 24.8. The molecule has 1 fully saturated rings. The molecule has 3 aromatic heterocycles. The number of nitrogens with zero attached hydrogens (tertiary/aromatic N) is 4. The zero-order valence-corrected chi connectivity index (χ0v) is 23.7. The molecule has 0 radical (unpaired) electrons. The van der Waals surface area contributed by atoms with E-state index < -0.39 is 19.3 Å². The van der Waals surface area contributed by atoms with Crippen LogP contribution in [0.1, 0.15) is 18.9 Å². The van der Waals surface area contributed by atoms with Crippen molar-refractivity contribution in [1.82, 2.24) is 18.7 Å². The highest BCUT2D eigenvalue weighted by molar-refractivity contribution is 9.10. The Labute approximate surface area is 221 Å². The first-order valence-corrected chi connectivity index (χ1v) is 16.7. The van der Waals surface area contributed by atoms with Crippen molar-refractivity contribution in [3.63, 3.8) is 0 Å². The van der Waals surface area contributed by atoms with Gasteiger partial charge in [0.25, 0.3) is 5.56 Å². The standard InChI is InChI=1S/C24H25BrCl2N4O3Si/c1-35(2,3)10-9-34-13-29-19(25)11-15-20-16(12-28-22(15)29)23(32)31(24(33)30(20)14-7-8-14)21-17(26)5-4-6-18(21)27/h4-6,11-12,14H,7-10,13H2,1-3H3. The minimum Gasteiger partial charge on any atom is -0.361 e. The van der Waals surface area contributed by atoms with Crippen molar-refractivity contribution in [1.29, 1.82) is 0 Å². The first-order valence-electron chi connectivity index (χ1n) is 11.5. The predicted molar refractivity (Wildman–Crippen MR) is 147 cm³/mol. The number of para-hydroxylation sites is 1. The lowest BCUT2D eigenvalue weighted by atomic mass is 10.2. The summed E-state index contributed by atoms with van der Waals surface area (Å²) in [7, 11) is -1.21. The average molecular weight is 596 g/mol. The summed E-state index contributed by atoms with van der Waals surface area (Å²) in [5.41, 5.74) is 0.466. The normalized spacial score (nSPS) is 14.3. The maximum absolute atomic E-state index is 13.8. The molecule has 0 bridgehead atoms. The molecule has 0 atom stereocenters. The molecule has 7 nitrogen and oxygen atoms in total. The third kappa shape index (κ3) is 4.53. The molecule has 0 aliphatic heterocycles. The Morgan fingerprint density at radius 1 is 1.14 bits per heavy atom. The van der Waals surface area contributed by atoms with Crippen LogP contribution in [0.2, 0.25) is 35.7 Å². The van der Waals surface area contributed by atoms with Gasteiger partial charge in [0.1, 0.15) is 12.4 Å². The van der Waals surface area contributed by atoms with E-state index in [4.69, 9.17) is 27.9 Å². The molecule has 11 heteroatoms. The fourth-order valence-electron chi connectivity index (χ4n) is 4.21. The van der Waals surface area contributed by atoms with E-state index in [0.29, 0.717) is 29.9 Å². The van der Waals surface area contributed by atoms with Crippen LogP contribution in [0.25, 0.3) is 27.6 Å². The van der Waals surface area contributed by atoms with E-state index in [-0.39, 0.29) is 21.8 Å². The average Bonchev–Trinajstić information content (AvgIpc) is 3.55. The Bertz CT molecular complexity index is 1560. The van der Waals surface area contributed by atoms with E-state index in [1.165, 1.54) is 6.20 Å². The number of ether oxygens (including phenoxy) is 1. The highest BCUT2D eigenvalue weighted by atomic mass is 79.9. The quantitative estimate of drug-likeness (QED) is 0.188. The molecular formula is C24H25BrCl2N4O3Si. The van der Waals surface area contributed by atoms with Gasteiger partial charge in [-0.15, -0.1) is 0 Å². The Hall–Kier alpha value is -1.91. The van der Waals surface area contributed by atoms with Gasteiger partial charge in [-0.05, 0) is 53.0 Å². The third-order valence-corrected chi connectivity index (χ3v) is 9.18. The number of rotatable bonds is 7. The van der Waals surface area contributed by atoms with Gasteiger partial charge in [0.15, 0.2) is 0 Å². The highest BCUT2D eigenvalue weighted by Crippen LogP contribution is 2.38. The van der Waals surface area contributed by atoms with Gasteiger partial charge in [-0.25, -0.2) is 14.3 Å². The van der Waals surface area contributed by atoms with Crippen LogP contribution in [0.3, 0.4) is 0 Å². The zero-order valence-electron chi connectivity index (χ0n) is 19.6. The summed E-state index contributed by atoms with van der Waals surface area (Å²) in [4.78, 5) is 32.0. The summed E-state index contributed by atoms with van der Waals surface area (Å²) in [5, 5.41) is 1.53. The van der Waals surface area contributed by atoms with E-state index in [1.54, 1.807) is 22.8 Å². The van der Waals surface area contributed by atoms with Crippen LogP contribution in [0.15, 0.2) is 44.7 Å². The van der Waals surface area contributed by atoms with Crippen LogP contribution in [0.4, 0.5) is 0 Å². The monoisotopic (exact) mass is 594 g/mol. The third-order valence-electron chi connectivity index (χ3n) is 6.21. The number of hydrogen-bond acceptors (Lipinski definition) is 4. The lowest BCUT2D eigenvalue weighted by Gasteiger charge is -2.17. The number of fused-ring (bicyclic) bond motifs is 3. The number of pyridine rings is 1. The maximum Gasteiger partial charge on any atom is 0.336 e. The molecule has 4 aromatic rings. The van der Waals surface area contributed by atoms with Crippen molar-refractivity contribution >= 4 is 69.1 Å². The van der Waals surface area contributed by atoms with Crippen LogP contribution in [0, 0.1) is 0 Å². The minimum absolute atomic E-state index is 0.00108. The van der Waals surface area contributed by atoms with Crippen molar-refractivity contribution in [2.75, 3.05) is 6.61 Å². The SMILES string of the molecule is C[Si](C)(C)CCOCn1c(Br)cc2c1ncc1c(=O)n(-c3c(Cl)cccc3Cl)c(=O)n(C3CC3)c12. The van der Waals surface area contributed by atoms with Gasteiger partial charge >= 0.3 is 5.69 Å². The van der Waals surface area contributed by atoms with E-state index in [0.717, 1.165) is 33.4 Å². The predicted octanol–water partition coefficient (Wildman–Crippen LogP) is 6.22. The second-order valence-electron chi connectivity index (χ2n) is 10.1. The Balaban J connectivity index is 1.71. The zero-order chi connectivity index (χ0) is 25.1. The van der Waals surface area contributed by atoms with E-state index in [9.17, 15) is 9.59 Å². The summed E-state index contributed by atoms with van der Waals surface area (Å²) >= 11 is 16.4. The van der Waals surface area contributed by atoms with E-state index in [1.807, 2.05) is 10.6 Å². The van der Waals surface area contributed by atoms with Gasteiger partial charge < -0.3 is 4.74 Å². The molecule has 1 aliphatic rings. The fraction of sp³-hybridized carbons (Fsp3) is 0.375. The molecule has 0 amide bonds. The Kier molecular flexibility index (Phi) is 6.50. The lowest BCUT2D eigenvalue weighted by Crippen LogP contribution is -2.39. The van der Waals surface area contributed by atoms with Crippen LogP contribution in [-0.2, 0) is 11.5 Å². The number of benzene rings is 1. The van der Waals surface area contributed by atoms with Crippen molar-refractivity contribution in [3.05, 3.63) is 65.9 Å². The smallest absolute Gasteiger partial charge is 0.336 e. The van der Waals surface area contributed by atoms with Crippen molar-refractivity contribution in [3.8, 4) is 5.69 Å². The Morgan fingerprint density at radius 2 is 1.83 bits per heavy atom. The summed E-state index contributed by atoms with van der Waals surface area (Å²) in [5.74, 6) is 0.